The van der Waals surface area contributed by atoms with E-state index in [2.05, 4.69) is 54.6 Å². The molecule has 1 saturated carbocycles. The molecule has 144 valence electrons. The summed E-state index contributed by atoms with van der Waals surface area (Å²) in [7, 11) is -0.509. The molecule has 1 fully saturated rings. The van der Waals surface area contributed by atoms with Crippen LogP contribution in [0, 0.1) is 5.92 Å². The van der Waals surface area contributed by atoms with E-state index in [9.17, 15) is 4.79 Å². The van der Waals surface area contributed by atoms with E-state index in [0.717, 1.165) is 22.0 Å². The third kappa shape index (κ3) is 3.10. The van der Waals surface area contributed by atoms with Crippen molar-refractivity contribution in [3.8, 4) is 0 Å². The fourth-order valence-corrected chi connectivity index (χ4v) is 6.28. The average Bonchev–Trinajstić information content (AvgIpc) is 3.23. The highest BCUT2D eigenvalue weighted by molar-refractivity contribution is 9.10. The Balaban J connectivity index is 2.30. The van der Waals surface area contributed by atoms with Crippen molar-refractivity contribution < 1.29 is 14.0 Å². The minimum atomic E-state index is -1.98. The van der Waals surface area contributed by atoms with E-state index in [1.165, 1.54) is 7.11 Å². The van der Waals surface area contributed by atoms with Crippen LogP contribution >= 0.6 is 15.9 Å². The number of esters is 1. The maximum Gasteiger partial charge on any atom is 0.320 e. The van der Waals surface area contributed by atoms with Crippen LogP contribution < -0.4 is 0 Å². The van der Waals surface area contributed by atoms with Crippen LogP contribution in [-0.4, -0.2) is 21.4 Å². The largest absolute Gasteiger partial charge is 0.468 e. The van der Waals surface area contributed by atoms with Gasteiger partial charge in [-0.3, -0.25) is 4.79 Å². The molecule has 1 aliphatic rings. The Morgan fingerprint density at radius 2 is 1.63 bits per heavy atom. The topological polar surface area (TPSA) is 35.5 Å². The summed E-state index contributed by atoms with van der Waals surface area (Å²) in [6.07, 6.45) is 0.824. The molecular formula is C22H27BrO3Si. The molecule has 3 rings (SSSR count). The lowest BCUT2D eigenvalue weighted by Crippen LogP contribution is -2.40. The molecule has 0 amide bonds. The fourth-order valence-electron chi connectivity index (χ4n) is 4.63. The lowest BCUT2D eigenvalue weighted by molar-refractivity contribution is -0.146. The first-order valence-electron chi connectivity index (χ1n) is 9.34. The fraction of sp³-hybridized carbons (Fsp3) is 0.409. The van der Waals surface area contributed by atoms with E-state index in [-0.39, 0.29) is 11.9 Å². The van der Waals surface area contributed by atoms with Crippen LogP contribution in [0.4, 0.5) is 0 Å². The van der Waals surface area contributed by atoms with E-state index in [1.54, 1.807) is 0 Å². The molecule has 1 aliphatic carbocycles. The zero-order chi connectivity index (χ0) is 19.9. The minimum Gasteiger partial charge on any atom is -0.468 e. The Labute approximate surface area is 171 Å². The van der Waals surface area contributed by atoms with Crippen molar-refractivity contribution >= 4 is 30.2 Å². The number of carbonyl (C=O) groups is 1. The smallest absolute Gasteiger partial charge is 0.320 e. The molecule has 0 aliphatic heterocycles. The number of hydrogen-bond acceptors (Lipinski definition) is 3. The predicted octanol–water partition coefficient (Wildman–Crippen LogP) is 5.65. The number of hydrogen-bond donors (Lipinski definition) is 0. The molecule has 0 radical (unpaired) electrons. The lowest BCUT2D eigenvalue weighted by Gasteiger charge is -2.32. The second-order valence-electron chi connectivity index (χ2n) is 8.08. The van der Waals surface area contributed by atoms with Gasteiger partial charge in [-0.05, 0) is 49.3 Å². The van der Waals surface area contributed by atoms with Crippen molar-refractivity contribution in [1.29, 1.82) is 0 Å². The van der Waals surface area contributed by atoms with Crippen LogP contribution in [0.1, 0.15) is 24.5 Å². The first kappa shape index (κ1) is 20.3. The van der Waals surface area contributed by atoms with E-state index < -0.39 is 19.3 Å². The van der Waals surface area contributed by atoms with Crippen LogP contribution in [0.25, 0.3) is 0 Å². The standard InChI is InChI=1S/C22H27BrO3Si/c1-6-19-21(20(24)25-2,16-12-14-18(23)15-13-16)22(19,26-27(3,4)5)17-10-8-7-9-11-17/h7-15,19H,6H2,1-5H3/t19-,21+,22-/m1/s1. The molecule has 2 aromatic carbocycles. The summed E-state index contributed by atoms with van der Waals surface area (Å²) in [5.41, 5.74) is 0.465. The van der Waals surface area contributed by atoms with Crippen molar-refractivity contribution in [2.24, 2.45) is 5.92 Å². The molecule has 0 N–H and O–H groups in total. The SMILES string of the molecule is CC[C@H]1[C@](O[Si](C)(C)C)(c2ccccc2)[C@@]1(C(=O)OC)c1ccc(Br)cc1. The number of ether oxygens (including phenoxy) is 1. The van der Waals surface area contributed by atoms with Gasteiger partial charge in [0.1, 0.15) is 11.0 Å². The number of carbonyl (C=O) groups excluding carboxylic acids is 1. The van der Waals surface area contributed by atoms with E-state index >= 15 is 0 Å². The van der Waals surface area contributed by atoms with Crippen LogP contribution in [-0.2, 0) is 25.0 Å². The van der Waals surface area contributed by atoms with E-state index in [4.69, 9.17) is 9.16 Å². The maximum atomic E-state index is 13.3. The maximum absolute atomic E-state index is 13.3. The van der Waals surface area contributed by atoms with Gasteiger partial charge in [0, 0.05) is 10.4 Å². The molecule has 0 bridgehead atoms. The molecule has 27 heavy (non-hydrogen) atoms. The van der Waals surface area contributed by atoms with Gasteiger partial charge in [-0.25, -0.2) is 0 Å². The second-order valence-corrected chi connectivity index (χ2v) is 13.4. The highest BCUT2D eigenvalue weighted by Crippen LogP contribution is 2.73. The summed E-state index contributed by atoms with van der Waals surface area (Å²) in [5, 5.41) is 0. The van der Waals surface area contributed by atoms with Gasteiger partial charge >= 0.3 is 5.97 Å². The average molecular weight is 447 g/mol. The molecule has 0 heterocycles. The zero-order valence-electron chi connectivity index (χ0n) is 16.6. The van der Waals surface area contributed by atoms with Gasteiger partial charge in [0.2, 0.25) is 0 Å². The summed E-state index contributed by atoms with van der Waals surface area (Å²) in [5.74, 6) is -0.202. The molecule has 0 aromatic heterocycles. The number of methoxy groups -OCH3 is 1. The Bertz CT molecular complexity index is 816. The van der Waals surface area contributed by atoms with Crippen LogP contribution in [0.2, 0.25) is 19.6 Å². The molecule has 0 saturated heterocycles. The first-order chi connectivity index (χ1) is 12.7. The zero-order valence-corrected chi connectivity index (χ0v) is 19.2. The molecular weight excluding hydrogens is 420 g/mol. The summed E-state index contributed by atoms with van der Waals surface area (Å²) in [6, 6.07) is 18.2. The summed E-state index contributed by atoms with van der Waals surface area (Å²) in [6.45, 7) is 8.64. The summed E-state index contributed by atoms with van der Waals surface area (Å²) in [4.78, 5) is 13.3. The minimum absolute atomic E-state index is 0.0211. The second kappa shape index (κ2) is 7.19. The Hall–Kier alpha value is -1.43. The van der Waals surface area contributed by atoms with Crippen molar-refractivity contribution in [2.45, 2.75) is 44.0 Å². The quantitative estimate of drug-likeness (QED) is 0.424. The Morgan fingerprint density at radius 3 is 2.11 bits per heavy atom. The molecule has 0 spiro atoms. The summed E-state index contributed by atoms with van der Waals surface area (Å²) < 4.78 is 13.2. The molecule has 5 heteroatoms. The van der Waals surface area contributed by atoms with E-state index in [0.29, 0.717) is 0 Å². The predicted molar refractivity (Wildman–Crippen MR) is 114 cm³/mol. The molecule has 2 aromatic rings. The third-order valence-electron chi connectivity index (χ3n) is 5.40. The lowest BCUT2D eigenvalue weighted by atomic mass is 9.88. The highest BCUT2D eigenvalue weighted by atomic mass is 79.9. The number of rotatable bonds is 6. The Morgan fingerprint density at radius 1 is 1.04 bits per heavy atom. The molecule has 0 unspecified atom stereocenters. The van der Waals surface area contributed by atoms with Crippen LogP contribution in [0.3, 0.4) is 0 Å². The summed E-state index contributed by atoms with van der Waals surface area (Å²) >= 11 is 3.50. The van der Waals surface area contributed by atoms with Gasteiger partial charge in [0.05, 0.1) is 7.11 Å². The van der Waals surface area contributed by atoms with Gasteiger partial charge in [0.15, 0.2) is 8.32 Å². The van der Waals surface area contributed by atoms with Crippen molar-refractivity contribution in [2.75, 3.05) is 7.11 Å². The third-order valence-corrected chi connectivity index (χ3v) is 6.86. The van der Waals surface area contributed by atoms with Gasteiger partial charge in [-0.2, -0.15) is 0 Å². The van der Waals surface area contributed by atoms with E-state index in [1.807, 2.05) is 42.5 Å². The van der Waals surface area contributed by atoms with Gasteiger partial charge < -0.3 is 9.16 Å². The molecule has 3 atom stereocenters. The first-order valence-corrected chi connectivity index (χ1v) is 13.5. The van der Waals surface area contributed by atoms with Crippen molar-refractivity contribution in [3.63, 3.8) is 0 Å². The van der Waals surface area contributed by atoms with Gasteiger partial charge in [-0.1, -0.05) is 65.3 Å². The number of benzene rings is 2. The van der Waals surface area contributed by atoms with Crippen LogP contribution in [0.15, 0.2) is 59.1 Å². The Kier molecular flexibility index (Phi) is 5.41. The van der Waals surface area contributed by atoms with Crippen molar-refractivity contribution in [3.05, 3.63) is 70.2 Å². The van der Waals surface area contributed by atoms with Gasteiger partial charge in [0.25, 0.3) is 0 Å². The van der Waals surface area contributed by atoms with Crippen molar-refractivity contribution in [1.82, 2.24) is 0 Å². The normalized spacial score (nSPS) is 27.3. The van der Waals surface area contributed by atoms with Crippen LogP contribution in [0.5, 0.6) is 0 Å². The molecule has 3 nitrogen and oxygen atoms in total. The monoisotopic (exact) mass is 446 g/mol. The number of halogens is 1. The van der Waals surface area contributed by atoms with Gasteiger partial charge in [-0.15, -0.1) is 0 Å². The highest BCUT2D eigenvalue weighted by Gasteiger charge is 2.83.